The topological polar surface area (TPSA) is 75.5 Å². The Kier molecular flexibility index (Phi) is 6.46. The molecule has 1 aromatic carbocycles. The van der Waals surface area contributed by atoms with E-state index in [0.29, 0.717) is 6.54 Å². The van der Waals surface area contributed by atoms with Gasteiger partial charge in [0.2, 0.25) is 5.91 Å². The molecule has 4 rings (SSSR count). The average Bonchev–Trinajstić information content (AvgIpc) is 3.28. The van der Waals surface area contributed by atoms with E-state index in [-0.39, 0.29) is 17.6 Å². The number of hydrogen-bond acceptors (Lipinski definition) is 6. The summed E-state index contributed by atoms with van der Waals surface area (Å²) in [5.74, 6) is 0.107. The standard InChI is InChI=1S/C22H32N6O2/c1-26(2)21(29)15-23-20-5-3-4-10-22(20)17-27(13-14-30-22)16-18-6-8-19(9-7-18)28-12-11-24-25-28/h6-9,11-12,20,23H,3-5,10,13-17H2,1-2H3. The molecule has 1 amide bonds. The molecule has 1 aliphatic heterocycles. The highest BCUT2D eigenvalue weighted by Gasteiger charge is 2.45. The first kappa shape index (κ1) is 21.0. The van der Waals surface area contributed by atoms with Crippen LogP contribution in [0.15, 0.2) is 36.7 Å². The van der Waals surface area contributed by atoms with Crippen LogP contribution in [-0.2, 0) is 16.1 Å². The van der Waals surface area contributed by atoms with Gasteiger partial charge in [0, 0.05) is 39.8 Å². The van der Waals surface area contributed by atoms with E-state index >= 15 is 0 Å². The molecule has 0 bridgehead atoms. The van der Waals surface area contributed by atoms with Gasteiger partial charge in [-0.05, 0) is 30.5 Å². The molecule has 2 aliphatic rings. The summed E-state index contributed by atoms with van der Waals surface area (Å²) in [6.07, 6.45) is 7.99. The smallest absolute Gasteiger partial charge is 0.236 e. The second-order valence-electron chi connectivity index (χ2n) is 8.61. The summed E-state index contributed by atoms with van der Waals surface area (Å²) in [5.41, 5.74) is 2.08. The zero-order valence-electron chi connectivity index (χ0n) is 18.0. The van der Waals surface area contributed by atoms with Crippen LogP contribution in [-0.4, -0.2) is 82.7 Å². The van der Waals surface area contributed by atoms with Gasteiger partial charge in [0.15, 0.2) is 0 Å². The van der Waals surface area contributed by atoms with Gasteiger partial charge in [0.1, 0.15) is 0 Å². The molecule has 2 unspecified atom stereocenters. The van der Waals surface area contributed by atoms with E-state index in [9.17, 15) is 4.79 Å². The van der Waals surface area contributed by atoms with Crippen molar-refractivity contribution in [3.63, 3.8) is 0 Å². The predicted octanol–water partition coefficient (Wildman–Crippen LogP) is 1.46. The Bertz CT molecular complexity index is 819. The third-order valence-corrected chi connectivity index (χ3v) is 6.29. The van der Waals surface area contributed by atoms with Crippen molar-refractivity contribution in [3.05, 3.63) is 42.2 Å². The molecule has 1 spiro atoms. The Labute approximate surface area is 178 Å². The molecule has 1 aromatic heterocycles. The number of nitrogens with one attached hydrogen (secondary N) is 1. The number of likely N-dealkylation sites (N-methyl/N-ethyl adjacent to an activating group) is 1. The van der Waals surface area contributed by atoms with Crippen LogP contribution in [0.3, 0.4) is 0 Å². The third kappa shape index (κ3) is 4.71. The number of carbonyl (C=O) groups is 1. The van der Waals surface area contributed by atoms with Crippen LogP contribution < -0.4 is 5.32 Å². The molecule has 8 nitrogen and oxygen atoms in total. The molecule has 1 aliphatic carbocycles. The molecule has 2 aromatic rings. The lowest BCUT2D eigenvalue weighted by Crippen LogP contribution is -2.63. The van der Waals surface area contributed by atoms with E-state index in [1.807, 2.05) is 6.20 Å². The van der Waals surface area contributed by atoms with E-state index in [4.69, 9.17) is 4.74 Å². The normalized spacial score (nSPS) is 24.8. The van der Waals surface area contributed by atoms with Crippen LogP contribution in [0, 0.1) is 0 Å². The van der Waals surface area contributed by atoms with E-state index in [0.717, 1.165) is 44.8 Å². The lowest BCUT2D eigenvalue weighted by molar-refractivity contribution is -0.147. The fourth-order valence-corrected chi connectivity index (χ4v) is 4.60. The first-order valence-electron chi connectivity index (χ1n) is 10.8. The summed E-state index contributed by atoms with van der Waals surface area (Å²) in [6, 6.07) is 8.69. The molecule has 0 radical (unpaired) electrons. The first-order valence-corrected chi connectivity index (χ1v) is 10.8. The fourth-order valence-electron chi connectivity index (χ4n) is 4.60. The summed E-state index contributed by atoms with van der Waals surface area (Å²) in [5, 5.41) is 11.4. The quantitative estimate of drug-likeness (QED) is 0.774. The summed E-state index contributed by atoms with van der Waals surface area (Å²) in [7, 11) is 3.60. The number of rotatable bonds is 6. The number of carbonyl (C=O) groups excluding carboxylic acids is 1. The van der Waals surface area contributed by atoms with Gasteiger partial charge in [-0.1, -0.05) is 30.2 Å². The van der Waals surface area contributed by atoms with E-state index in [1.165, 1.54) is 18.4 Å². The van der Waals surface area contributed by atoms with E-state index in [2.05, 4.69) is 44.8 Å². The van der Waals surface area contributed by atoms with Crippen molar-refractivity contribution in [2.45, 2.75) is 43.9 Å². The van der Waals surface area contributed by atoms with Gasteiger partial charge in [0.25, 0.3) is 0 Å². The Morgan fingerprint density at radius 3 is 2.87 bits per heavy atom. The minimum absolute atomic E-state index is 0.107. The highest BCUT2D eigenvalue weighted by molar-refractivity contribution is 5.77. The number of amides is 1. The fraction of sp³-hybridized carbons (Fsp3) is 0.591. The van der Waals surface area contributed by atoms with Crippen molar-refractivity contribution in [3.8, 4) is 5.69 Å². The molecule has 1 N–H and O–H groups in total. The van der Waals surface area contributed by atoms with Crippen LogP contribution in [0.5, 0.6) is 0 Å². The largest absolute Gasteiger partial charge is 0.371 e. The summed E-state index contributed by atoms with van der Waals surface area (Å²) in [6.45, 7) is 3.82. The van der Waals surface area contributed by atoms with Crippen molar-refractivity contribution < 1.29 is 9.53 Å². The molecule has 1 saturated carbocycles. The van der Waals surface area contributed by atoms with Gasteiger partial charge >= 0.3 is 0 Å². The van der Waals surface area contributed by atoms with Gasteiger partial charge in [0.05, 0.1) is 36.8 Å². The van der Waals surface area contributed by atoms with E-state index in [1.54, 1.807) is 29.9 Å². The molecule has 1 saturated heterocycles. The van der Waals surface area contributed by atoms with Crippen LogP contribution in [0.25, 0.3) is 5.69 Å². The van der Waals surface area contributed by atoms with Crippen LogP contribution >= 0.6 is 0 Å². The van der Waals surface area contributed by atoms with Crippen molar-refractivity contribution in [2.24, 2.45) is 0 Å². The second-order valence-corrected chi connectivity index (χ2v) is 8.61. The van der Waals surface area contributed by atoms with Gasteiger partial charge in [-0.2, -0.15) is 0 Å². The van der Waals surface area contributed by atoms with Crippen molar-refractivity contribution in [1.29, 1.82) is 0 Å². The SMILES string of the molecule is CN(C)C(=O)CNC1CCCCC12CN(Cc1ccc(-n3ccnn3)cc1)CCO2. The number of nitrogens with zero attached hydrogens (tertiary/aromatic N) is 5. The maximum atomic E-state index is 12.1. The number of morpholine rings is 1. The maximum Gasteiger partial charge on any atom is 0.236 e. The molecule has 2 heterocycles. The Balaban J connectivity index is 1.40. The summed E-state index contributed by atoms with van der Waals surface area (Å²) in [4.78, 5) is 16.2. The Morgan fingerprint density at radius 1 is 1.30 bits per heavy atom. The first-order chi connectivity index (χ1) is 14.6. The third-order valence-electron chi connectivity index (χ3n) is 6.29. The minimum Gasteiger partial charge on any atom is -0.371 e. The molecule has 162 valence electrons. The Morgan fingerprint density at radius 2 is 2.13 bits per heavy atom. The van der Waals surface area contributed by atoms with Crippen molar-refractivity contribution in [2.75, 3.05) is 40.3 Å². The van der Waals surface area contributed by atoms with Gasteiger partial charge in [-0.3, -0.25) is 9.69 Å². The molecule has 2 fully saturated rings. The number of ether oxygens (including phenoxy) is 1. The van der Waals surface area contributed by atoms with Gasteiger partial charge in [-0.25, -0.2) is 4.68 Å². The van der Waals surface area contributed by atoms with E-state index < -0.39 is 0 Å². The highest BCUT2D eigenvalue weighted by atomic mass is 16.5. The average molecular weight is 413 g/mol. The zero-order valence-corrected chi connectivity index (χ0v) is 18.0. The summed E-state index contributed by atoms with van der Waals surface area (Å²) < 4.78 is 8.16. The number of hydrogen-bond donors (Lipinski definition) is 1. The lowest BCUT2D eigenvalue weighted by Gasteiger charge is -2.50. The van der Waals surface area contributed by atoms with Crippen LogP contribution in [0.2, 0.25) is 0 Å². The summed E-state index contributed by atoms with van der Waals surface area (Å²) >= 11 is 0. The predicted molar refractivity (Wildman–Crippen MR) is 114 cm³/mol. The highest BCUT2D eigenvalue weighted by Crippen LogP contribution is 2.35. The van der Waals surface area contributed by atoms with Crippen LogP contribution in [0.4, 0.5) is 0 Å². The van der Waals surface area contributed by atoms with Crippen molar-refractivity contribution in [1.82, 2.24) is 30.1 Å². The molecule has 8 heteroatoms. The lowest BCUT2D eigenvalue weighted by atomic mass is 9.78. The molecular formula is C22H32N6O2. The van der Waals surface area contributed by atoms with Gasteiger partial charge in [-0.15, -0.1) is 5.10 Å². The number of aromatic nitrogens is 3. The monoisotopic (exact) mass is 412 g/mol. The maximum absolute atomic E-state index is 12.1. The second kappa shape index (κ2) is 9.24. The van der Waals surface area contributed by atoms with Crippen LogP contribution in [0.1, 0.15) is 31.2 Å². The van der Waals surface area contributed by atoms with Gasteiger partial charge < -0.3 is 15.0 Å². The Hall–Kier alpha value is -2.29. The number of benzene rings is 1. The van der Waals surface area contributed by atoms with Crippen molar-refractivity contribution >= 4 is 5.91 Å². The zero-order chi connectivity index (χ0) is 21.0. The molecule has 2 atom stereocenters. The minimum atomic E-state index is -0.205. The molecule has 30 heavy (non-hydrogen) atoms. The molecular weight excluding hydrogens is 380 g/mol.